The van der Waals surface area contributed by atoms with Crippen LogP contribution >= 0.6 is 27.5 Å². The minimum atomic E-state index is -0.0673. The number of rotatable bonds is 1. The minimum absolute atomic E-state index is 0.0673. The zero-order valence-corrected chi connectivity index (χ0v) is 13.2. The van der Waals surface area contributed by atoms with Crippen molar-refractivity contribution in [3.63, 3.8) is 0 Å². The predicted octanol–water partition coefficient (Wildman–Crippen LogP) is 4.49. The third-order valence-corrected chi connectivity index (χ3v) is 4.63. The minimum Gasteiger partial charge on any atom is -0.355 e. The molecule has 0 spiro atoms. The summed E-state index contributed by atoms with van der Waals surface area (Å²) in [6, 6.07) is 11.8. The van der Waals surface area contributed by atoms with Gasteiger partial charge in [0, 0.05) is 43.8 Å². The fourth-order valence-corrected chi connectivity index (χ4v) is 3.39. The zero-order chi connectivity index (χ0) is 14.6. The van der Waals surface area contributed by atoms with Crippen LogP contribution in [0.1, 0.15) is 15.9 Å². The van der Waals surface area contributed by atoms with Crippen LogP contribution in [0.25, 0.3) is 22.2 Å². The maximum absolute atomic E-state index is 12.1. The van der Waals surface area contributed by atoms with Crippen LogP contribution in [-0.2, 0) is 6.54 Å². The van der Waals surface area contributed by atoms with E-state index < -0.39 is 0 Å². The molecule has 4 rings (SSSR count). The SMILES string of the molecule is O=C1NCc2c(Cl)ccc(-c3cc4cc(Br)ccc4[nH]3)c21. The lowest BCUT2D eigenvalue weighted by atomic mass is 10.0. The van der Waals surface area contributed by atoms with Gasteiger partial charge in [-0.1, -0.05) is 33.6 Å². The van der Waals surface area contributed by atoms with Crippen molar-refractivity contribution in [1.82, 2.24) is 10.3 Å². The Kier molecular flexibility index (Phi) is 2.84. The fraction of sp³-hybridized carbons (Fsp3) is 0.0625. The molecule has 0 fully saturated rings. The summed E-state index contributed by atoms with van der Waals surface area (Å²) in [4.78, 5) is 15.5. The number of carbonyl (C=O) groups is 1. The quantitative estimate of drug-likeness (QED) is 0.659. The van der Waals surface area contributed by atoms with Crippen molar-refractivity contribution in [2.24, 2.45) is 0 Å². The molecule has 1 aliphatic heterocycles. The van der Waals surface area contributed by atoms with Crippen LogP contribution in [0.3, 0.4) is 0 Å². The van der Waals surface area contributed by atoms with E-state index in [4.69, 9.17) is 11.6 Å². The average molecular weight is 362 g/mol. The van der Waals surface area contributed by atoms with Gasteiger partial charge >= 0.3 is 0 Å². The summed E-state index contributed by atoms with van der Waals surface area (Å²) in [5.41, 5.74) is 4.40. The maximum Gasteiger partial charge on any atom is 0.252 e. The molecular weight excluding hydrogens is 352 g/mol. The normalized spacial score (nSPS) is 13.5. The lowest BCUT2D eigenvalue weighted by molar-refractivity contribution is 0.0966. The Morgan fingerprint density at radius 1 is 1.14 bits per heavy atom. The summed E-state index contributed by atoms with van der Waals surface area (Å²) < 4.78 is 1.03. The van der Waals surface area contributed by atoms with Crippen molar-refractivity contribution >= 4 is 44.3 Å². The molecule has 1 amide bonds. The maximum atomic E-state index is 12.1. The van der Waals surface area contributed by atoms with Crippen LogP contribution < -0.4 is 5.32 Å². The Bertz CT molecular complexity index is 901. The lowest BCUT2D eigenvalue weighted by Gasteiger charge is -2.06. The molecule has 1 aliphatic rings. The van der Waals surface area contributed by atoms with Gasteiger partial charge in [0.15, 0.2) is 0 Å². The van der Waals surface area contributed by atoms with Crippen LogP contribution in [0.15, 0.2) is 40.9 Å². The van der Waals surface area contributed by atoms with Gasteiger partial charge in [-0.15, -0.1) is 0 Å². The molecule has 2 heterocycles. The first-order valence-corrected chi connectivity index (χ1v) is 7.69. The van der Waals surface area contributed by atoms with E-state index in [0.717, 1.165) is 32.2 Å². The number of benzene rings is 2. The molecule has 2 N–H and O–H groups in total. The molecule has 5 heteroatoms. The summed E-state index contributed by atoms with van der Waals surface area (Å²) in [6.45, 7) is 0.493. The van der Waals surface area contributed by atoms with Crippen LogP contribution in [0, 0.1) is 0 Å². The van der Waals surface area contributed by atoms with Crippen molar-refractivity contribution in [3.05, 3.63) is 57.0 Å². The van der Waals surface area contributed by atoms with Crippen molar-refractivity contribution in [1.29, 1.82) is 0 Å². The molecule has 0 saturated heterocycles. The molecule has 0 radical (unpaired) electrons. The Hall–Kier alpha value is -1.78. The van der Waals surface area contributed by atoms with Gasteiger partial charge in [0.05, 0.1) is 5.56 Å². The molecule has 104 valence electrons. The first kappa shape index (κ1) is 12.9. The largest absolute Gasteiger partial charge is 0.355 e. The number of hydrogen-bond acceptors (Lipinski definition) is 1. The third-order valence-electron chi connectivity index (χ3n) is 3.78. The molecule has 3 nitrogen and oxygen atoms in total. The lowest BCUT2D eigenvalue weighted by Crippen LogP contribution is -2.13. The monoisotopic (exact) mass is 360 g/mol. The summed E-state index contributed by atoms with van der Waals surface area (Å²) in [7, 11) is 0. The number of aromatic amines is 1. The van der Waals surface area contributed by atoms with Gasteiger partial charge in [0.2, 0.25) is 0 Å². The average Bonchev–Trinajstić information content (AvgIpc) is 3.04. The number of aromatic nitrogens is 1. The van der Waals surface area contributed by atoms with Gasteiger partial charge in [-0.2, -0.15) is 0 Å². The van der Waals surface area contributed by atoms with Crippen molar-refractivity contribution in [2.45, 2.75) is 6.54 Å². The molecule has 0 atom stereocenters. The summed E-state index contributed by atoms with van der Waals surface area (Å²) in [6.07, 6.45) is 0. The number of hydrogen-bond donors (Lipinski definition) is 2. The second-order valence-electron chi connectivity index (χ2n) is 5.05. The van der Waals surface area contributed by atoms with Gasteiger partial charge in [-0.05, 0) is 30.3 Å². The highest BCUT2D eigenvalue weighted by Gasteiger charge is 2.26. The van der Waals surface area contributed by atoms with Crippen LogP contribution in [0.5, 0.6) is 0 Å². The summed E-state index contributed by atoms with van der Waals surface area (Å²) >= 11 is 9.66. The molecule has 0 aliphatic carbocycles. The standard InChI is InChI=1S/C16H10BrClN2O/c17-9-1-4-13-8(5-9)6-14(20-13)10-2-3-12(18)11-7-19-16(21)15(10)11/h1-6,20H,7H2,(H,19,21). The first-order chi connectivity index (χ1) is 10.1. The molecule has 1 aromatic heterocycles. The van der Waals surface area contributed by atoms with Crippen molar-refractivity contribution < 1.29 is 4.79 Å². The first-order valence-electron chi connectivity index (χ1n) is 6.52. The van der Waals surface area contributed by atoms with Crippen molar-refractivity contribution in [3.8, 4) is 11.3 Å². The van der Waals surface area contributed by atoms with Gasteiger partial charge in [0.25, 0.3) is 5.91 Å². The highest BCUT2D eigenvalue weighted by atomic mass is 79.9. The van der Waals surface area contributed by atoms with E-state index in [0.29, 0.717) is 17.1 Å². The molecule has 0 unspecified atom stereocenters. The highest BCUT2D eigenvalue weighted by Crippen LogP contribution is 2.35. The number of nitrogens with one attached hydrogen (secondary N) is 2. The van der Waals surface area contributed by atoms with Crippen LogP contribution in [0.2, 0.25) is 5.02 Å². The van der Waals surface area contributed by atoms with Crippen LogP contribution in [0.4, 0.5) is 0 Å². The smallest absolute Gasteiger partial charge is 0.252 e. The number of H-pyrrole nitrogens is 1. The van der Waals surface area contributed by atoms with E-state index in [2.05, 4.69) is 32.3 Å². The van der Waals surface area contributed by atoms with E-state index in [-0.39, 0.29) is 5.91 Å². The number of carbonyl (C=O) groups excluding carboxylic acids is 1. The summed E-state index contributed by atoms with van der Waals surface area (Å²) in [5.74, 6) is -0.0673. The number of amides is 1. The van der Waals surface area contributed by atoms with Gasteiger partial charge in [-0.3, -0.25) is 4.79 Å². The zero-order valence-electron chi connectivity index (χ0n) is 10.8. The molecule has 0 bridgehead atoms. The Morgan fingerprint density at radius 2 is 2.00 bits per heavy atom. The number of fused-ring (bicyclic) bond motifs is 2. The van der Waals surface area contributed by atoms with E-state index in [1.165, 1.54) is 0 Å². The summed E-state index contributed by atoms with van der Waals surface area (Å²) in [5, 5.41) is 4.56. The van der Waals surface area contributed by atoms with Crippen LogP contribution in [-0.4, -0.2) is 10.9 Å². The molecule has 21 heavy (non-hydrogen) atoms. The van der Waals surface area contributed by atoms with Gasteiger partial charge in [-0.25, -0.2) is 0 Å². The van der Waals surface area contributed by atoms with E-state index in [1.54, 1.807) is 0 Å². The second kappa shape index (κ2) is 4.61. The predicted molar refractivity (Wildman–Crippen MR) is 87.6 cm³/mol. The second-order valence-corrected chi connectivity index (χ2v) is 6.37. The Balaban J connectivity index is 1.97. The molecule has 3 aromatic rings. The molecular formula is C16H10BrClN2O. The Morgan fingerprint density at radius 3 is 2.86 bits per heavy atom. The van der Waals surface area contributed by atoms with Gasteiger partial charge < -0.3 is 10.3 Å². The highest BCUT2D eigenvalue weighted by molar-refractivity contribution is 9.10. The third kappa shape index (κ3) is 1.98. The van der Waals surface area contributed by atoms with E-state index in [9.17, 15) is 4.79 Å². The van der Waals surface area contributed by atoms with E-state index in [1.807, 2.05) is 30.3 Å². The van der Waals surface area contributed by atoms with Crippen molar-refractivity contribution in [2.75, 3.05) is 0 Å². The van der Waals surface area contributed by atoms with Gasteiger partial charge in [0.1, 0.15) is 0 Å². The molecule has 0 saturated carbocycles. The fourth-order valence-electron chi connectivity index (χ4n) is 2.78. The molecule has 2 aromatic carbocycles. The number of halogens is 2. The Labute approximate surface area is 134 Å². The van der Waals surface area contributed by atoms with E-state index >= 15 is 0 Å². The topological polar surface area (TPSA) is 44.9 Å².